The van der Waals surface area contributed by atoms with Crippen LogP contribution in [0.25, 0.3) is 6.08 Å². The summed E-state index contributed by atoms with van der Waals surface area (Å²) in [5.41, 5.74) is 4.31. The van der Waals surface area contributed by atoms with Crippen LogP contribution in [0, 0.1) is 6.92 Å². The zero-order chi connectivity index (χ0) is 17.8. The summed E-state index contributed by atoms with van der Waals surface area (Å²) >= 11 is 0. The van der Waals surface area contributed by atoms with Gasteiger partial charge in [0, 0.05) is 19.7 Å². The summed E-state index contributed by atoms with van der Waals surface area (Å²) in [6.45, 7) is 4.05. The summed E-state index contributed by atoms with van der Waals surface area (Å²) in [6, 6.07) is 15.7. The fourth-order valence-corrected chi connectivity index (χ4v) is 3.07. The van der Waals surface area contributed by atoms with Gasteiger partial charge < -0.3 is 10.2 Å². The molecule has 1 heterocycles. The minimum Gasteiger partial charge on any atom is -0.352 e. The SMILES string of the molecule is CC(=O)N1C=Cc2ccccc2[C@@H]1CC(=O)NCc1ccc(C)cc1. The summed E-state index contributed by atoms with van der Waals surface area (Å²) in [7, 11) is 0. The van der Waals surface area contributed by atoms with Gasteiger partial charge in [0.2, 0.25) is 11.8 Å². The van der Waals surface area contributed by atoms with Gasteiger partial charge in [-0.1, -0.05) is 54.1 Å². The van der Waals surface area contributed by atoms with Crippen molar-refractivity contribution in [2.24, 2.45) is 0 Å². The fourth-order valence-electron chi connectivity index (χ4n) is 3.07. The molecule has 0 aromatic heterocycles. The first-order valence-corrected chi connectivity index (χ1v) is 8.43. The van der Waals surface area contributed by atoms with E-state index in [1.807, 2.05) is 61.5 Å². The molecule has 4 heteroatoms. The number of nitrogens with one attached hydrogen (secondary N) is 1. The molecule has 1 aliphatic heterocycles. The van der Waals surface area contributed by atoms with Gasteiger partial charge in [-0.25, -0.2) is 0 Å². The smallest absolute Gasteiger partial charge is 0.223 e. The topological polar surface area (TPSA) is 49.4 Å². The minimum atomic E-state index is -0.267. The Morgan fingerprint density at radius 1 is 1.08 bits per heavy atom. The maximum absolute atomic E-state index is 12.5. The van der Waals surface area contributed by atoms with Crippen LogP contribution in [-0.2, 0) is 16.1 Å². The number of rotatable bonds is 4. The van der Waals surface area contributed by atoms with Crippen LogP contribution in [0.3, 0.4) is 0 Å². The Balaban J connectivity index is 1.70. The molecule has 1 N–H and O–H groups in total. The van der Waals surface area contributed by atoms with Gasteiger partial charge in [0.15, 0.2) is 0 Å². The Labute approximate surface area is 148 Å². The van der Waals surface area contributed by atoms with Crippen molar-refractivity contribution >= 4 is 17.9 Å². The maximum atomic E-state index is 12.5. The number of amides is 2. The number of carbonyl (C=O) groups excluding carboxylic acids is 2. The highest BCUT2D eigenvalue weighted by Crippen LogP contribution is 2.32. The molecule has 1 atom stereocenters. The van der Waals surface area contributed by atoms with Crippen molar-refractivity contribution in [1.82, 2.24) is 10.2 Å². The maximum Gasteiger partial charge on any atom is 0.223 e. The molecule has 0 bridgehead atoms. The summed E-state index contributed by atoms with van der Waals surface area (Å²) in [5, 5.41) is 2.96. The van der Waals surface area contributed by atoms with Crippen molar-refractivity contribution in [3.8, 4) is 0 Å². The van der Waals surface area contributed by atoms with E-state index in [-0.39, 0.29) is 24.3 Å². The molecule has 0 unspecified atom stereocenters. The van der Waals surface area contributed by atoms with E-state index in [1.165, 1.54) is 12.5 Å². The van der Waals surface area contributed by atoms with Crippen molar-refractivity contribution < 1.29 is 9.59 Å². The summed E-state index contributed by atoms with van der Waals surface area (Å²) in [4.78, 5) is 26.0. The minimum absolute atomic E-state index is 0.0675. The van der Waals surface area contributed by atoms with Crippen LogP contribution in [-0.4, -0.2) is 16.7 Å². The van der Waals surface area contributed by atoms with Crippen molar-refractivity contribution in [2.75, 3.05) is 0 Å². The summed E-state index contributed by atoms with van der Waals surface area (Å²) in [6.07, 6.45) is 3.92. The second-order valence-electron chi connectivity index (χ2n) is 6.35. The zero-order valence-electron chi connectivity index (χ0n) is 14.5. The Morgan fingerprint density at radius 2 is 1.80 bits per heavy atom. The first-order valence-electron chi connectivity index (χ1n) is 8.43. The van der Waals surface area contributed by atoms with Gasteiger partial charge in [0.1, 0.15) is 0 Å². The Bertz CT molecular complexity index is 809. The molecular weight excluding hydrogens is 312 g/mol. The molecule has 0 saturated carbocycles. The average molecular weight is 334 g/mol. The van der Waals surface area contributed by atoms with Crippen LogP contribution < -0.4 is 5.32 Å². The van der Waals surface area contributed by atoms with Crippen molar-refractivity contribution in [3.05, 3.63) is 77.0 Å². The molecule has 0 radical (unpaired) electrons. The summed E-state index contributed by atoms with van der Waals surface area (Å²) in [5.74, 6) is -0.135. The van der Waals surface area contributed by atoms with E-state index < -0.39 is 0 Å². The van der Waals surface area contributed by atoms with E-state index in [0.717, 1.165) is 16.7 Å². The lowest BCUT2D eigenvalue weighted by atomic mass is 9.93. The van der Waals surface area contributed by atoms with Gasteiger partial charge in [0.25, 0.3) is 0 Å². The van der Waals surface area contributed by atoms with Crippen LogP contribution in [0.1, 0.15) is 41.6 Å². The van der Waals surface area contributed by atoms with Gasteiger partial charge in [-0.3, -0.25) is 9.59 Å². The van der Waals surface area contributed by atoms with Crippen molar-refractivity contribution in [2.45, 2.75) is 32.9 Å². The summed E-state index contributed by atoms with van der Waals surface area (Å²) < 4.78 is 0. The van der Waals surface area contributed by atoms with Gasteiger partial charge in [0.05, 0.1) is 12.5 Å². The molecule has 128 valence electrons. The molecule has 2 amide bonds. The number of nitrogens with zero attached hydrogens (tertiary/aromatic N) is 1. The number of hydrogen-bond acceptors (Lipinski definition) is 2. The van der Waals surface area contributed by atoms with E-state index in [1.54, 1.807) is 11.1 Å². The van der Waals surface area contributed by atoms with Crippen LogP contribution >= 0.6 is 0 Å². The quantitative estimate of drug-likeness (QED) is 0.929. The molecule has 0 saturated heterocycles. The Kier molecular flexibility index (Phi) is 4.98. The highest BCUT2D eigenvalue weighted by molar-refractivity contribution is 5.81. The highest BCUT2D eigenvalue weighted by Gasteiger charge is 2.27. The number of hydrogen-bond donors (Lipinski definition) is 1. The lowest BCUT2D eigenvalue weighted by Crippen LogP contribution is -2.35. The standard InChI is InChI=1S/C21H22N2O2/c1-15-7-9-17(10-8-15)14-22-21(25)13-20-19-6-4-3-5-18(19)11-12-23(20)16(2)24/h3-12,20H,13-14H2,1-2H3,(H,22,25)/t20-/m0/s1. The second-order valence-corrected chi connectivity index (χ2v) is 6.35. The van der Waals surface area contributed by atoms with Gasteiger partial charge in [-0.2, -0.15) is 0 Å². The first kappa shape index (κ1) is 17.0. The molecule has 2 aromatic carbocycles. The number of fused-ring (bicyclic) bond motifs is 1. The van der Waals surface area contributed by atoms with Crippen molar-refractivity contribution in [1.29, 1.82) is 0 Å². The van der Waals surface area contributed by atoms with Gasteiger partial charge in [-0.05, 0) is 29.7 Å². The van der Waals surface area contributed by atoms with E-state index in [4.69, 9.17) is 0 Å². The lowest BCUT2D eigenvalue weighted by molar-refractivity contribution is -0.130. The monoisotopic (exact) mass is 334 g/mol. The van der Waals surface area contributed by atoms with Crippen molar-refractivity contribution in [3.63, 3.8) is 0 Å². The van der Waals surface area contributed by atoms with Crippen LogP contribution in [0.2, 0.25) is 0 Å². The molecule has 3 rings (SSSR count). The molecular formula is C21H22N2O2. The third-order valence-electron chi connectivity index (χ3n) is 4.46. The van der Waals surface area contributed by atoms with E-state index in [2.05, 4.69) is 5.32 Å². The zero-order valence-corrected chi connectivity index (χ0v) is 14.5. The molecule has 1 aliphatic rings. The first-order chi connectivity index (χ1) is 12.0. The van der Waals surface area contributed by atoms with Crippen LogP contribution in [0.15, 0.2) is 54.7 Å². The molecule has 2 aromatic rings. The van der Waals surface area contributed by atoms with Gasteiger partial charge >= 0.3 is 0 Å². The van der Waals surface area contributed by atoms with Gasteiger partial charge in [-0.15, -0.1) is 0 Å². The third kappa shape index (κ3) is 3.97. The number of benzene rings is 2. The molecule has 0 fully saturated rings. The predicted molar refractivity (Wildman–Crippen MR) is 98.4 cm³/mol. The third-order valence-corrected chi connectivity index (χ3v) is 4.46. The Hall–Kier alpha value is -2.88. The molecule has 25 heavy (non-hydrogen) atoms. The van der Waals surface area contributed by atoms with E-state index in [9.17, 15) is 9.59 Å². The normalized spacial score (nSPS) is 15.6. The molecule has 0 aliphatic carbocycles. The molecule has 0 spiro atoms. The fraction of sp³-hybridized carbons (Fsp3) is 0.238. The van der Waals surface area contributed by atoms with Crippen LogP contribution in [0.4, 0.5) is 0 Å². The van der Waals surface area contributed by atoms with Crippen LogP contribution in [0.5, 0.6) is 0 Å². The second kappa shape index (κ2) is 7.34. The number of aryl methyl sites for hydroxylation is 1. The highest BCUT2D eigenvalue weighted by atomic mass is 16.2. The largest absolute Gasteiger partial charge is 0.352 e. The molecule has 4 nitrogen and oxygen atoms in total. The lowest BCUT2D eigenvalue weighted by Gasteiger charge is -2.32. The predicted octanol–water partition coefficient (Wildman–Crippen LogP) is 3.58. The number of carbonyl (C=O) groups is 2. The van der Waals surface area contributed by atoms with E-state index in [0.29, 0.717) is 6.54 Å². The average Bonchev–Trinajstić information content (AvgIpc) is 2.61. The Morgan fingerprint density at radius 3 is 2.52 bits per heavy atom. The van der Waals surface area contributed by atoms with E-state index >= 15 is 0 Å².